The number of nitro benzene ring substituents is 1. The maximum atomic E-state index is 12.0. The molecule has 0 spiro atoms. The molecule has 1 heterocycles. The lowest BCUT2D eigenvalue weighted by atomic mass is 10.2. The van der Waals surface area contributed by atoms with E-state index in [-0.39, 0.29) is 5.69 Å². The topological polar surface area (TPSA) is 97.2 Å². The number of nitro groups is 1. The molecule has 1 aromatic heterocycles. The van der Waals surface area contributed by atoms with Crippen molar-refractivity contribution >= 4 is 33.9 Å². The minimum Gasteiger partial charge on any atom is -0.307 e. The molecular weight excluding hydrogens is 328 g/mol. The minimum absolute atomic E-state index is 0.0894. The summed E-state index contributed by atoms with van der Waals surface area (Å²) in [6.07, 6.45) is 0. The van der Waals surface area contributed by atoms with Crippen LogP contribution in [0.2, 0.25) is 0 Å². The van der Waals surface area contributed by atoms with E-state index in [1.54, 1.807) is 6.07 Å². The standard InChI is InChI=1S/C16H12N4O3S/c21-15(17-12-7-4-8-13(9-12)20(22)23)19-16-18-14(10-24-16)11-5-2-1-3-6-11/h1-10H,(H2,17,18,19,21). The number of amides is 2. The van der Waals surface area contributed by atoms with Crippen molar-refractivity contribution in [2.75, 3.05) is 10.6 Å². The fourth-order valence-corrected chi connectivity index (χ4v) is 2.74. The molecule has 0 radical (unpaired) electrons. The summed E-state index contributed by atoms with van der Waals surface area (Å²) in [5.74, 6) is 0. The average molecular weight is 340 g/mol. The second-order valence-corrected chi connectivity index (χ2v) is 5.65. The first-order valence-electron chi connectivity index (χ1n) is 6.95. The molecule has 2 amide bonds. The lowest BCUT2D eigenvalue weighted by Gasteiger charge is -2.05. The Hall–Kier alpha value is -3.26. The van der Waals surface area contributed by atoms with Gasteiger partial charge in [-0.3, -0.25) is 15.4 Å². The van der Waals surface area contributed by atoms with Gasteiger partial charge < -0.3 is 5.32 Å². The van der Waals surface area contributed by atoms with Crippen molar-refractivity contribution in [1.82, 2.24) is 4.98 Å². The quantitative estimate of drug-likeness (QED) is 0.544. The predicted molar refractivity (Wildman–Crippen MR) is 93.3 cm³/mol. The van der Waals surface area contributed by atoms with Crippen molar-refractivity contribution < 1.29 is 9.72 Å². The maximum Gasteiger partial charge on any atom is 0.325 e. The van der Waals surface area contributed by atoms with E-state index < -0.39 is 11.0 Å². The van der Waals surface area contributed by atoms with Crippen LogP contribution in [0.1, 0.15) is 0 Å². The first-order chi connectivity index (χ1) is 11.6. The molecule has 0 unspecified atom stereocenters. The summed E-state index contributed by atoms with van der Waals surface area (Å²) < 4.78 is 0. The summed E-state index contributed by atoms with van der Waals surface area (Å²) in [5, 5.41) is 18.2. The summed E-state index contributed by atoms with van der Waals surface area (Å²) in [4.78, 5) is 26.5. The summed E-state index contributed by atoms with van der Waals surface area (Å²) in [6.45, 7) is 0. The van der Waals surface area contributed by atoms with E-state index in [1.165, 1.54) is 29.5 Å². The molecule has 24 heavy (non-hydrogen) atoms. The molecule has 3 rings (SSSR count). The molecule has 120 valence electrons. The van der Waals surface area contributed by atoms with Gasteiger partial charge in [-0.25, -0.2) is 9.78 Å². The molecule has 0 saturated heterocycles. The number of carbonyl (C=O) groups excluding carboxylic acids is 1. The van der Waals surface area contributed by atoms with E-state index in [4.69, 9.17) is 0 Å². The highest BCUT2D eigenvalue weighted by molar-refractivity contribution is 7.14. The number of benzene rings is 2. The SMILES string of the molecule is O=C(Nc1cccc([N+](=O)[O-])c1)Nc1nc(-c2ccccc2)cs1. The third kappa shape index (κ3) is 3.73. The number of nitrogens with one attached hydrogen (secondary N) is 2. The van der Waals surface area contributed by atoms with E-state index in [0.717, 1.165) is 11.3 Å². The number of aromatic nitrogens is 1. The highest BCUT2D eigenvalue weighted by atomic mass is 32.1. The monoisotopic (exact) mass is 340 g/mol. The average Bonchev–Trinajstić information content (AvgIpc) is 3.04. The van der Waals surface area contributed by atoms with Crippen LogP contribution in [0.3, 0.4) is 0 Å². The zero-order valence-electron chi connectivity index (χ0n) is 12.3. The molecule has 0 bridgehead atoms. The van der Waals surface area contributed by atoms with Gasteiger partial charge in [0.25, 0.3) is 5.69 Å². The van der Waals surface area contributed by atoms with E-state index in [2.05, 4.69) is 15.6 Å². The zero-order valence-corrected chi connectivity index (χ0v) is 13.1. The molecule has 0 fully saturated rings. The third-order valence-corrected chi connectivity index (χ3v) is 3.87. The maximum absolute atomic E-state index is 12.0. The molecule has 0 aliphatic carbocycles. The van der Waals surface area contributed by atoms with E-state index in [0.29, 0.717) is 10.8 Å². The lowest BCUT2D eigenvalue weighted by molar-refractivity contribution is -0.384. The molecular formula is C16H12N4O3S. The normalized spacial score (nSPS) is 10.2. The van der Waals surface area contributed by atoms with Gasteiger partial charge in [0.2, 0.25) is 0 Å². The number of thiazole rings is 1. The Kier molecular flexibility index (Phi) is 4.48. The number of urea groups is 1. The first-order valence-corrected chi connectivity index (χ1v) is 7.83. The first kappa shape index (κ1) is 15.6. The van der Waals surface area contributed by atoms with E-state index >= 15 is 0 Å². The summed E-state index contributed by atoms with van der Waals surface area (Å²) in [5.41, 5.74) is 1.97. The predicted octanol–water partition coefficient (Wildman–Crippen LogP) is 4.36. The third-order valence-electron chi connectivity index (χ3n) is 3.11. The van der Waals surface area contributed by atoms with Crippen molar-refractivity contribution in [3.05, 3.63) is 70.1 Å². The van der Waals surface area contributed by atoms with Crippen molar-refractivity contribution in [2.24, 2.45) is 0 Å². The summed E-state index contributed by atoms with van der Waals surface area (Å²) in [6, 6.07) is 14.8. The van der Waals surface area contributed by atoms with Crippen LogP contribution in [0.15, 0.2) is 60.0 Å². The summed E-state index contributed by atoms with van der Waals surface area (Å²) in [7, 11) is 0. The Labute approximate surface area is 141 Å². The van der Waals surface area contributed by atoms with Gasteiger partial charge in [0.1, 0.15) is 0 Å². The molecule has 3 aromatic rings. The smallest absolute Gasteiger partial charge is 0.307 e. The van der Waals surface area contributed by atoms with Gasteiger partial charge in [-0.2, -0.15) is 0 Å². The number of anilines is 2. The Morgan fingerprint density at radius 3 is 2.62 bits per heavy atom. The number of hydrogen-bond donors (Lipinski definition) is 2. The van der Waals surface area contributed by atoms with Crippen molar-refractivity contribution in [3.63, 3.8) is 0 Å². The van der Waals surface area contributed by atoms with Crippen LogP contribution < -0.4 is 10.6 Å². The van der Waals surface area contributed by atoms with Crippen LogP contribution in [-0.2, 0) is 0 Å². The van der Waals surface area contributed by atoms with Gasteiger partial charge in [-0.1, -0.05) is 36.4 Å². The van der Waals surface area contributed by atoms with Crippen molar-refractivity contribution in [2.45, 2.75) is 0 Å². The van der Waals surface area contributed by atoms with Crippen LogP contribution in [0, 0.1) is 10.1 Å². The van der Waals surface area contributed by atoms with Crippen LogP contribution >= 0.6 is 11.3 Å². The van der Waals surface area contributed by atoms with E-state index in [1.807, 2.05) is 35.7 Å². The molecule has 0 atom stereocenters. The van der Waals surface area contributed by atoms with Crippen LogP contribution in [-0.4, -0.2) is 15.9 Å². The van der Waals surface area contributed by atoms with Gasteiger partial charge in [-0.05, 0) is 6.07 Å². The molecule has 2 N–H and O–H groups in total. The van der Waals surface area contributed by atoms with Crippen molar-refractivity contribution in [3.8, 4) is 11.3 Å². The van der Waals surface area contributed by atoms with Gasteiger partial charge in [0, 0.05) is 28.8 Å². The molecule has 8 heteroatoms. The molecule has 0 aliphatic heterocycles. The number of rotatable bonds is 4. The Morgan fingerprint density at radius 1 is 1.08 bits per heavy atom. The minimum atomic E-state index is -0.518. The number of carbonyl (C=O) groups is 1. The fraction of sp³-hybridized carbons (Fsp3) is 0. The van der Waals surface area contributed by atoms with Crippen LogP contribution in [0.4, 0.5) is 21.3 Å². The Morgan fingerprint density at radius 2 is 1.88 bits per heavy atom. The van der Waals surface area contributed by atoms with Gasteiger partial charge in [0.05, 0.1) is 10.6 Å². The number of hydrogen-bond acceptors (Lipinski definition) is 5. The highest BCUT2D eigenvalue weighted by Gasteiger charge is 2.10. The second kappa shape index (κ2) is 6.88. The number of non-ortho nitro benzene ring substituents is 1. The Bertz CT molecular complexity index is 880. The van der Waals surface area contributed by atoms with Gasteiger partial charge in [-0.15, -0.1) is 11.3 Å². The molecule has 2 aromatic carbocycles. The molecule has 0 saturated carbocycles. The van der Waals surface area contributed by atoms with E-state index in [9.17, 15) is 14.9 Å². The second-order valence-electron chi connectivity index (χ2n) is 4.79. The molecule has 0 aliphatic rings. The van der Waals surface area contributed by atoms with Crippen LogP contribution in [0.5, 0.6) is 0 Å². The molecule has 7 nitrogen and oxygen atoms in total. The highest BCUT2D eigenvalue weighted by Crippen LogP contribution is 2.25. The largest absolute Gasteiger partial charge is 0.325 e. The van der Waals surface area contributed by atoms with Gasteiger partial charge in [0.15, 0.2) is 5.13 Å². The fourth-order valence-electron chi connectivity index (χ4n) is 2.03. The van der Waals surface area contributed by atoms with Crippen molar-refractivity contribution in [1.29, 1.82) is 0 Å². The zero-order chi connectivity index (χ0) is 16.9. The lowest BCUT2D eigenvalue weighted by Crippen LogP contribution is -2.19. The van der Waals surface area contributed by atoms with Crippen LogP contribution in [0.25, 0.3) is 11.3 Å². The summed E-state index contributed by atoms with van der Waals surface area (Å²) >= 11 is 1.30. The van der Waals surface area contributed by atoms with Gasteiger partial charge >= 0.3 is 6.03 Å². The number of nitrogens with zero attached hydrogens (tertiary/aromatic N) is 2. The Balaban J connectivity index is 1.66.